The molecule has 2 atom stereocenters. The Morgan fingerprint density at radius 1 is 1.59 bits per heavy atom. The summed E-state index contributed by atoms with van der Waals surface area (Å²) in [6, 6.07) is 2.11. The van der Waals surface area contributed by atoms with Crippen molar-refractivity contribution >= 4 is 5.69 Å². The molecular weight excluding hydrogens is 214 g/mol. The topological polar surface area (TPSA) is 71.2 Å². The van der Waals surface area contributed by atoms with E-state index in [1.807, 2.05) is 6.92 Å². The molecule has 0 aromatic carbocycles. The summed E-state index contributed by atoms with van der Waals surface area (Å²) in [6.07, 6.45) is 7.58. The normalized spacial score (nSPS) is 24.2. The van der Waals surface area contributed by atoms with Crippen molar-refractivity contribution in [3.05, 3.63) is 24.0 Å². The van der Waals surface area contributed by atoms with Gasteiger partial charge in [0.25, 0.3) is 0 Å². The summed E-state index contributed by atoms with van der Waals surface area (Å²) in [5.41, 5.74) is 6.32. The predicted octanol–water partition coefficient (Wildman–Crippen LogP) is 1.40. The van der Waals surface area contributed by atoms with E-state index < -0.39 is 5.60 Å². The number of nitrogen functional groups attached to an aromatic ring is 1. The summed E-state index contributed by atoms with van der Waals surface area (Å²) in [5.74, 6) is 0. The zero-order valence-electron chi connectivity index (χ0n) is 10.3. The molecule has 1 aromatic rings. The molecular formula is C13H21N3O. The summed E-state index contributed by atoms with van der Waals surface area (Å²) in [5, 5.41) is 14.0. The van der Waals surface area contributed by atoms with Gasteiger partial charge in [-0.15, -0.1) is 0 Å². The Balaban J connectivity index is 2.10. The maximum absolute atomic E-state index is 10.6. The summed E-state index contributed by atoms with van der Waals surface area (Å²) < 4.78 is 0. The Hall–Kier alpha value is -1.13. The second-order valence-electron chi connectivity index (χ2n) is 5.09. The Labute approximate surface area is 102 Å². The Bertz CT molecular complexity index is 373. The van der Waals surface area contributed by atoms with E-state index in [1.165, 1.54) is 12.8 Å². The maximum Gasteiger partial charge on any atom is 0.0918 e. The number of piperidine rings is 1. The van der Waals surface area contributed by atoms with E-state index in [4.69, 9.17) is 5.73 Å². The van der Waals surface area contributed by atoms with Crippen LogP contribution in [0.25, 0.3) is 0 Å². The summed E-state index contributed by atoms with van der Waals surface area (Å²) in [7, 11) is 0. The molecule has 2 unspecified atom stereocenters. The monoisotopic (exact) mass is 235 g/mol. The number of rotatable bonds is 3. The van der Waals surface area contributed by atoms with Crippen LogP contribution in [-0.4, -0.2) is 22.7 Å². The third-order valence-electron chi connectivity index (χ3n) is 3.49. The van der Waals surface area contributed by atoms with Gasteiger partial charge in [0.1, 0.15) is 0 Å². The van der Waals surface area contributed by atoms with Crippen LogP contribution in [0.1, 0.15) is 38.2 Å². The van der Waals surface area contributed by atoms with E-state index in [0.717, 1.165) is 18.5 Å². The number of nitrogens with one attached hydrogen (secondary N) is 1. The summed E-state index contributed by atoms with van der Waals surface area (Å²) in [4.78, 5) is 4.04. The molecule has 1 fully saturated rings. The average molecular weight is 235 g/mol. The van der Waals surface area contributed by atoms with Crippen LogP contribution in [0.3, 0.4) is 0 Å². The third-order valence-corrected chi connectivity index (χ3v) is 3.49. The van der Waals surface area contributed by atoms with Crippen LogP contribution in [0.4, 0.5) is 5.69 Å². The van der Waals surface area contributed by atoms with E-state index in [0.29, 0.717) is 18.2 Å². The van der Waals surface area contributed by atoms with Crippen molar-refractivity contribution in [2.75, 3.05) is 12.3 Å². The molecule has 4 nitrogen and oxygen atoms in total. The lowest BCUT2D eigenvalue weighted by molar-refractivity contribution is 0.0336. The molecule has 0 saturated carbocycles. The fourth-order valence-electron chi connectivity index (χ4n) is 2.54. The number of anilines is 1. The highest BCUT2D eigenvalue weighted by molar-refractivity contribution is 5.47. The van der Waals surface area contributed by atoms with Crippen molar-refractivity contribution in [1.82, 2.24) is 10.3 Å². The molecule has 94 valence electrons. The fourth-order valence-corrected chi connectivity index (χ4v) is 2.54. The number of hydrogen-bond acceptors (Lipinski definition) is 4. The van der Waals surface area contributed by atoms with E-state index in [9.17, 15) is 5.11 Å². The van der Waals surface area contributed by atoms with Crippen molar-refractivity contribution in [2.24, 2.45) is 0 Å². The van der Waals surface area contributed by atoms with Crippen LogP contribution in [0.2, 0.25) is 0 Å². The zero-order valence-corrected chi connectivity index (χ0v) is 10.3. The van der Waals surface area contributed by atoms with Crippen LogP contribution in [0, 0.1) is 0 Å². The minimum Gasteiger partial charge on any atom is -0.398 e. The molecule has 0 spiro atoms. The van der Waals surface area contributed by atoms with Gasteiger partial charge in [-0.2, -0.15) is 0 Å². The summed E-state index contributed by atoms with van der Waals surface area (Å²) >= 11 is 0. The van der Waals surface area contributed by atoms with Gasteiger partial charge in [0.2, 0.25) is 0 Å². The standard InChI is InChI=1S/C13H21N3O/c1-13(17,8-10-4-2-3-6-16-10)11-9-15-7-5-12(11)14/h5,7,9-10,16-17H,2-4,6,8H2,1H3,(H2,14,15). The smallest absolute Gasteiger partial charge is 0.0918 e. The number of aromatic nitrogens is 1. The fraction of sp³-hybridized carbons (Fsp3) is 0.615. The highest BCUT2D eigenvalue weighted by Crippen LogP contribution is 2.31. The Morgan fingerprint density at radius 2 is 2.41 bits per heavy atom. The van der Waals surface area contributed by atoms with Gasteiger partial charge in [0, 0.05) is 29.7 Å². The van der Waals surface area contributed by atoms with Gasteiger partial charge in [-0.1, -0.05) is 6.42 Å². The SMILES string of the molecule is CC(O)(CC1CCCCN1)c1cnccc1N. The van der Waals surface area contributed by atoms with Gasteiger partial charge in [-0.25, -0.2) is 0 Å². The molecule has 0 radical (unpaired) electrons. The quantitative estimate of drug-likeness (QED) is 0.740. The van der Waals surface area contributed by atoms with E-state index in [2.05, 4.69) is 10.3 Å². The second-order valence-corrected chi connectivity index (χ2v) is 5.09. The molecule has 1 aliphatic heterocycles. The molecule has 2 heterocycles. The maximum atomic E-state index is 10.6. The predicted molar refractivity (Wildman–Crippen MR) is 68.5 cm³/mol. The molecule has 17 heavy (non-hydrogen) atoms. The van der Waals surface area contributed by atoms with Gasteiger partial charge < -0.3 is 16.2 Å². The first-order valence-corrected chi connectivity index (χ1v) is 6.25. The van der Waals surface area contributed by atoms with Crippen molar-refractivity contribution in [3.63, 3.8) is 0 Å². The largest absolute Gasteiger partial charge is 0.398 e. The minimum atomic E-state index is -0.909. The molecule has 1 saturated heterocycles. The first kappa shape index (κ1) is 12.3. The second kappa shape index (κ2) is 5.02. The van der Waals surface area contributed by atoms with E-state index in [1.54, 1.807) is 18.5 Å². The number of nitrogens with two attached hydrogens (primary N) is 1. The first-order chi connectivity index (χ1) is 8.09. The summed E-state index contributed by atoms with van der Waals surface area (Å²) in [6.45, 7) is 2.86. The van der Waals surface area contributed by atoms with Gasteiger partial charge >= 0.3 is 0 Å². The lowest BCUT2D eigenvalue weighted by atomic mass is 9.86. The van der Waals surface area contributed by atoms with Gasteiger partial charge in [0.05, 0.1) is 5.60 Å². The van der Waals surface area contributed by atoms with Crippen molar-refractivity contribution < 1.29 is 5.11 Å². The van der Waals surface area contributed by atoms with Crippen LogP contribution in [-0.2, 0) is 5.60 Å². The molecule has 0 amide bonds. The van der Waals surface area contributed by atoms with Gasteiger partial charge in [-0.05, 0) is 38.8 Å². The highest BCUT2D eigenvalue weighted by Gasteiger charge is 2.30. The van der Waals surface area contributed by atoms with Crippen LogP contribution in [0.15, 0.2) is 18.5 Å². The lowest BCUT2D eigenvalue weighted by Crippen LogP contribution is -2.40. The molecule has 1 aromatic heterocycles. The number of aliphatic hydroxyl groups is 1. The van der Waals surface area contributed by atoms with Crippen LogP contribution in [0.5, 0.6) is 0 Å². The van der Waals surface area contributed by atoms with E-state index in [-0.39, 0.29) is 0 Å². The first-order valence-electron chi connectivity index (χ1n) is 6.25. The van der Waals surface area contributed by atoms with Gasteiger partial charge in [0.15, 0.2) is 0 Å². The lowest BCUT2D eigenvalue weighted by Gasteiger charge is -2.32. The van der Waals surface area contributed by atoms with E-state index >= 15 is 0 Å². The third kappa shape index (κ3) is 2.96. The van der Waals surface area contributed by atoms with Crippen LogP contribution < -0.4 is 11.1 Å². The molecule has 4 N–H and O–H groups in total. The van der Waals surface area contributed by atoms with Crippen molar-refractivity contribution in [1.29, 1.82) is 0 Å². The van der Waals surface area contributed by atoms with Gasteiger partial charge in [-0.3, -0.25) is 4.98 Å². The Kier molecular flexibility index (Phi) is 3.64. The molecule has 4 heteroatoms. The number of hydrogen-bond donors (Lipinski definition) is 3. The number of pyridine rings is 1. The number of nitrogens with zero attached hydrogens (tertiary/aromatic N) is 1. The Morgan fingerprint density at radius 3 is 3.06 bits per heavy atom. The van der Waals surface area contributed by atoms with Crippen molar-refractivity contribution in [3.8, 4) is 0 Å². The molecule has 0 aliphatic carbocycles. The molecule has 1 aliphatic rings. The van der Waals surface area contributed by atoms with Crippen LogP contribution >= 0.6 is 0 Å². The molecule has 0 bridgehead atoms. The average Bonchev–Trinajstić information content (AvgIpc) is 2.30. The minimum absolute atomic E-state index is 0.373. The molecule has 2 rings (SSSR count). The highest BCUT2D eigenvalue weighted by atomic mass is 16.3. The van der Waals surface area contributed by atoms with Crippen molar-refractivity contribution in [2.45, 2.75) is 44.2 Å². The zero-order chi connectivity index (χ0) is 12.3.